The van der Waals surface area contributed by atoms with Crippen molar-refractivity contribution in [2.24, 2.45) is 0 Å². The zero-order valence-corrected chi connectivity index (χ0v) is 23.9. The van der Waals surface area contributed by atoms with Crippen LogP contribution in [-0.2, 0) is 29.0 Å². The van der Waals surface area contributed by atoms with Gasteiger partial charge in [0.15, 0.2) is 17.5 Å². The Morgan fingerprint density at radius 3 is 2.71 bits per heavy atom. The van der Waals surface area contributed by atoms with Crippen LogP contribution in [0.25, 0.3) is 0 Å². The number of hydrogen-bond donors (Lipinski definition) is 2. The van der Waals surface area contributed by atoms with Crippen LogP contribution in [0.5, 0.6) is 0 Å². The third kappa shape index (κ3) is 8.34. The molecule has 0 bridgehead atoms. The lowest BCUT2D eigenvalue weighted by Gasteiger charge is -2.25. The Labute approximate surface area is 243 Å². The van der Waals surface area contributed by atoms with Crippen LogP contribution >= 0.6 is 0 Å². The van der Waals surface area contributed by atoms with Gasteiger partial charge in [0.05, 0.1) is 31.0 Å². The highest BCUT2D eigenvalue weighted by atomic mass is 19.1. The number of amides is 2. The number of alkyl halides is 1. The molecule has 0 radical (unpaired) electrons. The maximum absolute atomic E-state index is 15.4. The van der Waals surface area contributed by atoms with Gasteiger partial charge in [0.1, 0.15) is 17.6 Å². The number of ether oxygens (including phenoxy) is 1. The lowest BCUT2D eigenvalue weighted by atomic mass is 10.1. The molecule has 1 saturated heterocycles. The zero-order chi connectivity index (χ0) is 30.3. The van der Waals surface area contributed by atoms with E-state index >= 15 is 4.39 Å². The van der Waals surface area contributed by atoms with Crippen molar-refractivity contribution in [1.82, 2.24) is 15.3 Å². The van der Waals surface area contributed by atoms with Crippen molar-refractivity contribution in [2.45, 2.75) is 58.5 Å². The van der Waals surface area contributed by atoms with E-state index in [0.29, 0.717) is 37.2 Å². The van der Waals surface area contributed by atoms with Gasteiger partial charge in [-0.25, -0.2) is 22.9 Å². The standard InChI is InChI=1S/C30H35F3N6O3/c1-30(2,3)42-29(41)36-16-25-21(7-5-11-34-25)17-39(19-40)26-15-24(33)28(38-13-10-23(32)18-38)37-27(26)35-12-9-20-6-4-8-22(31)14-20/h4-8,11,14-15,19,23H,9-10,12-13,16-18H2,1-3H3,(H,35,37)(H,36,41)/t23-/m1/s1. The summed E-state index contributed by atoms with van der Waals surface area (Å²) < 4.78 is 48.2. The topological polar surface area (TPSA) is 99.7 Å². The summed E-state index contributed by atoms with van der Waals surface area (Å²) in [4.78, 5) is 36.2. The number of benzene rings is 1. The molecule has 1 aliphatic rings. The van der Waals surface area contributed by atoms with Crippen LogP contribution in [0.2, 0.25) is 0 Å². The van der Waals surface area contributed by atoms with Gasteiger partial charge in [0.25, 0.3) is 0 Å². The minimum Gasteiger partial charge on any atom is -0.444 e. The molecule has 1 fully saturated rings. The number of rotatable bonds is 11. The first kappa shape index (κ1) is 30.6. The van der Waals surface area contributed by atoms with Gasteiger partial charge in [0.2, 0.25) is 6.41 Å². The Balaban J connectivity index is 1.58. The summed E-state index contributed by atoms with van der Waals surface area (Å²) in [6.07, 6.45) is 1.12. The van der Waals surface area contributed by atoms with E-state index < -0.39 is 23.7 Å². The van der Waals surface area contributed by atoms with Crippen molar-refractivity contribution in [3.05, 3.63) is 77.1 Å². The Morgan fingerprint density at radius 1 is 1.21 bits per heavy atom. The van der Waals surface area contributed by atoms with Gasteiger partial charge < -0.3 is 25.2 Å². The molecule has 0 spiro atoms. The van der Waals surface area contributed by atoms with Gasteiger partial charge in [-0.1, -0.05) is 18.2 Å². The molecule has 1 aromatic carbocycles. The summed E-state index contributed by atoms with van der Waals surface area (Å²) in [6.45, 7) is 5.94. The van der Waals surface area contributed by atoms with Crippen molar-refractivity contribution in [1.29, 1.82) is 0 Å². The summed E-state index contributed by atoms with van der Waals surface area (Å²) in [7, 11) is 0. The number of nitrogens with one attached hydrogen (secondary N) is 2. The molecule has 0 saturated carbocycles. The van der Waals surface area contributed by atoms with Crippen LogP contribution in [0.3, 0.4) is 0 Å². The van der Waals surface area contributed by atoms with Crippen LogP contribution in [-0.4, -0.2) is 53.9 Å². The van der Waals surface area contributed by atoms with E-state index in [-0.39, 0.29) is 49.2 Å². The van der Waals surface area contributed by atoms with Crippen molar-refractivity contribution in [2.75, 3.05) is 34.8 Å². The number of anilines is 3. The lowest BCUT2D eigenvalue weighted by Crippen LogP contribution is -2.33. The third-order valence-corrected chi connectivity index (χ3v) is 6.52. The molecule has 3 heterocycles. The predicted octanol–water partition coefficient (Wildman–Crippen LogP) is 5.15. The Hall–Kier alpha value is -4.35. The van der Waals surface area contributed by atoms with Gasteiger partial charge >= 0.3 is 6.09 Å². The maximum Gasteiger partial charge on any atom is 0.407 e. The molecule has 224 valence electrons. The molecule has 0 aliphatic carbocycles. The van der Waals surface area contributed by atoms with Crippen LogP contribution in [0, 0.1) is 11.6 Å². The van der Waals surface area contributed by atoms with E-state index in [0.717, 1.165) is 5.56 Å². The normalized spacial score (nSPS) is 14.9. The van der Waals surface area contributed by atoms with Crippen LogP contribution in [0.4, 0.5) is 35.3 Å². The number of pyridine rings is 2. The second-order valence-corrected chi connectivity index (χ2v) is 11.0. The number of carbonyl (C=O) groups is 2. The average molecular weight is 585 g/mol. The molecule has 2 aromatic heterocycles. The second-order valence-electron chi connectivity index (χ2n) is 11.0. The Bertz CT molecular complexity index is 1400. The summed E-state index contributed by atoms with van der Waals surface area (Å²) in [5, 5.41) is 5.81. The Kier molecular flexibility index (Phi) is 9.87. The quantitative estimate of drug-likeness (QED) is 0.301. The lowest BCUT2D eigenvalue weighted by molar-refractivity contribution is -0.107. The number of halogens is 3. The molecule has 9 nitrogen and oxygen atoms in total. The van der Waals surface area contributed by atoms with E-state index in [1.807, 2.05) is 0 Å². The van der Waals surface area contributed by atoms with E-state index in [2.05, 4.69) is 20.6 Å². The second kappa shape index (κ2) is 13.5. The summed E-state index contributed by atoms with van der Waals surface area (Å²) >= 11 is 0. The predicted molar refractivity (Wildman–Crippen MR) is 154 cm³/mol. The summed E-state index contributed by atoms with van der Waals surface area (Å²) in [5.74, 6) is -0.846. The van der Waals surface area contributed by atoms with Crippen molar-refractivity contribution < 1.29 is 27.5 Å². The fourth-order valence-electron chi connectivity index (χ4n) is 4.58. The molecule has 12 heteroatoms. The number of hydrogen-bond acceptors (Lipinski definition) is 7. The largest absolute Gasteiger partial charge is 0.444 e. The van der Waals surface area contributed by atoms with E-state index in [9.17, 15) is 18.4 Å². The monoisotopic (exact) mass is 584 g/mol. The van der Waals surface area contributed by atoms with Crippen LogP contribution in [0.15, 0.2) is 48.7 Å². The minimum absolute atomic E-state index is 0.00200. The highest BCUT2D eigenvalue weighted by Gasteiger charge is 2.27. The first-order valence-electron chi connectivity index (χ1n) is 13.7. The molecule has 3 aromatic rings. The number of carbonyl (C=O) groups excluding carboxylic acids is 2. The smallest absolute Gasteiger partial charge is 0.407 e. The average Bonchev–Trinajstić information content (AvgIpc) is 3.36. The number of nitrogens with zero attached hydrogens (tertiary/aromatic N) is 4. The van der Waals surface area contributed by atoms with Gasteiger partial charge in [-0.05, 0) is 62.9 Å². The first-order chi connectivity index (χ1) is 20.0. The molecular weight excluding hydrogens is 549 g/mol. The molecular formula is C30H35F3N6O3. The molecule has 1 aliphatic heterocycles. The SMILES string of the molecule is CC(C)(C)OC(=O)NCc1ncccc1CN(C=O)c1cc(F)c(N2CC[C@@H](F)C2)nc1NCCc1cccc(F)c1. The maximum atomic E-state index is 15.4. The summed E-state index contributed by atoms with van der Waals surface area (Å²) in [6, 6.07) is 10.8. The fraction of sp³-hybridized carbons (Fsp3) is 0.400. The first-order valence-corrected chi connectivity index (χ1v) is 13.7. The third-order valence-electron chi connectivity index (χ3n) is 6.52. The van der Waals surface area contributed by atoms with Crippen LogP contribution < -0.4 is 20.4 Å². The molecule has 2 amide bonds. The van der Waals surface area contributed by atoms with Gasteiger partial charge in [-0.15, -0.1) is 0 Å². The van der Waals surface area contributed by atoms with Gasteiger partial charge in [-0.2, -0.15) is 0 Å². The number of aromatic nitrogens is 2. The number of alkyl carbamates (subject to hydrolysis) is 1. The molecule has 1 atom stereocenters. The van der Waals surface area contributed by atoms with Crippen molar-refractivity contribution in [3.63, 3.8) is 0 Å². The van der Waals surface area contributed by atoms with E-state index in [4.69, 9.17) is 4.74 Å². The van der Waals surface area contributed by atoms with Crippen molar-refractivity contribution in [3.8, 4) is 0 Å². The van der Waals surface area contributed by atoms with E-state index in [1.54, 1.807) is 51.2 Å². The minimum atomic E-state index is -1.08. The highest BCUT2D eigenvalue weighted by Crippen LogP contribution is 2.32. The fourth-order valence-corrected chi connectivity index (χ4v) is 4.58. The van der Waals surface area contributed by atoms with Crippen molar-refractivity contribution >= 4 is 29.8 Å². The Morgan fingerprint density at radius 2 is 2.02 bits per heavy atom. The zero-order valence-electron chi connectivity index (χ0n) is 23.9. The molecule has 0 unspecified atom stereocenters. The van der Waals surface area contributed by atoms with Crippen LogP contribution in [0.1, 0.15) is 44.0 Å². The molecule has 2 N–H and O–H groups in total. The molecule has 4 rings (SSSR count). The van der Waals surface area contributed by atoms with Gasteiger partial charge in [0, 0.05) is 25.4 Å². The molecule has 42 heavy (non-hydrogen) atoms. The van der Waals surface area contributed by atoms with E-state index in [1.165, 1.54) is 28.0 Å². The van der Waals surface area contributed by atoms with Gasteiger partial charge in [-0.3, -0.25) is 9.78 Å². The highest BCUT2D eigenvalue weighted by molar-refractivity contribution is 5.83. The summed E-state index contributed by atoms with van der Waals surface area (Å²) in [5.41, 5.74) is 1.34.